The second-order valence-electron chi connectivity index (χ2n) is 9.97. The molecule has 0 bridgehead atoms. The largest absolute Gasteiger partial charge is 0.423 e. The molecule has 41 heavy (non-hydrogen) atoms. The fraction of sp³-hybridized carbons (Fsp3) is 0.161. The van der Waals surface area contributed by atoms with E-state index in [-0.39, 0.29) is 34.0 Å². The maximum absolute atomic E-state index is 12.6. The van der Waals surface area contributed by atoms with Crippen LogP contribution in [0.1, 0.15) is 56.8 Å². The molecule has 0 amide bonds. The number of esters is 2. The van der Waals surface area contributed by atoms with E-state index in [9.17, 15) is 29.8 Å². The number of carbonyl (C=O) groups excluding carboxylic acids is 2. The molecule has 0 aliphatic heterocycles. The van der Waals surface area contributed by atoms with Gasteiger partial charge in [-0.2, -0.15) is 0 Å². The Morgan fingerprint density at radius 2 is 0.951 bits per heavy atom. The van der Waals surface area contributed by atoms with Crippen LogP contribution in [0.25, 0.3) is 0 Å². The minimum Gasteiger partial charge on any atom is -0.423 e. The Balaban J connectivity index is 1.44. The summed E-state index contributed by atoms with van der Waals surface area (Å²) in [7, 11) is 0. The number of nitro groups is 2. The first-order chi connectivity index (χ1) is 19.4. The third-order valence-corrected chi connectivity index (χ3v) is 6.86. The van der Waals surface area contributed by atoms with Crippen LogP contribution in [-0.2, 0) is 5.41 Å². The van der Waals surface area contributed by atoms with Gasteiger partial charge in [0.1, 0.15) is 11.5 Å². The first-order valence-corrected chi connectivity index (χ1v) is 12.5. The maximum Gasteiger partial charge on any atom is 0.343 e. The molecule has 0 N–H and O–H groups in total. The molecule has 4 aromatic carbocycles. The quantitative estimate of drug-likeness (QED) is 0.0993. The van der Waals surface area contributed by atoms with Crippen molar-refractivity contribution in [1.29, 1.82) is 0 Å². The Labute approximate surface area is 235 Å². The number of ether oxygens (including phenoxy) is 2. The topological polar surface area (TPSA) is 139 Å². The van der Waals surface area contributed by atoms with Gasteiger partial charge in [0.25, 0.3) is 11.4 Å². The van der Waals surface area contributed by atoms with Crippen LogP contribution in [0, 0.1) is 34.1 Å². The lowest BCUT2D eigenvalue weighted by atomic mass is 9.78. The van der Waals surface area contributed by atoms with E-state index in [0.717, 1.165) is 11.1 Å². The second kappa shape index (κ2) is 11.4. The van der Waals surface area contributed by atoms with Gasteiger partial charge in [-0.05, 0) is 61.4 Å². The summed E-state index contributed by atoms with van der Waals surface area (Å²) in [6, 6.07) is 22.2. The third kappa shape index (κ3) is 6.27. The third-order valence-electron chi connectivity index (χ3n) is 6.86. The molecule has 0 radical (unpaired) electrons. The highest BCUT2D eigenvalue weighted by atomic mass is 16.6. The van der Waals surface area contributed by atoms with E-state index in [1.54, 1.807) is 38.1 Å². The molecule has 0 aromatic heterocycles. The van der Waals surface area contributed by atoms with Gasteiger partial charge in [0.15, 0.2) is 0 Å². The summed E-state index contributed by atoms with van der Waals surface area (Å²) < 4.78 is 10.8. The molecular formula is C31H26N2O8. The summed E-state index contributed by atoms with van der Waals surface area (Å²) in [5.41, 5.74) is 2.10. The van der Waals surface area contributed by atoms with Crippen LogP contribution in [0.4, 0.5) is 11.4 Å². The van der Waals surface area contributed by atoms with Crippen LogP contribution in [0.5, 0.6) is 11.5 Å². The van der Waals surface area contributed by atoms with Gasteiger partial charge < -0.3 is 9.47 Å². The van der Waals surface area contributed by atoms with Gasteiger partial charge in [0.2, 0.25) is 0 Å². The van der Waals surface area contributed by atoms with Crippen molar-refractivity contribution in [2.24, 2.45) is 0 Å². The Hall–Kier alpha value is -5.38. The zero-order valence-corrected chi connectivity index (χ0v) is 22.7. The van der Waals surface area contributed by atoms with Gasteiger partial charge in [0.05, 0.1) is 21.0 Å². The summed E-state index contributed by atoms with van der Waals surface area (Å²) in [6.45, 7) is 7.20. The van der Waals surface area contributed by atoms with Crippen molar-refractivity contribution in [2.75, 3.05) is 0 Å². The molecule has 208 valence electrons. The summed E-state index contributed by atoms with van der Waals surface area (Å²) >= 11 is 0. The maximum atomic E-state index is 12.6. The standard InChI is InChI=1S/C31H26N2O8/c1-19-5-7-21(17-27(19)32(36)37)29(34)40-25-13-9-23(10-14-25)31(3,4)24-11-15-26(16-12-24)41-30(35)22-8-6-20(2)28(18-22)33(38)39/h5-18H,1-4H3. The highest BCUT2D eigenvalue weighted by Crippen LogP contribution is 2.34. The molecule has 0 heterocycles. The fourth-order valence-corrected chi connectivity index (χ4v) is 4.24. The minimum absolute atomic E-state index is 0.0769. The molecule has 0 unspecified atom stereocenters. The Bertz CT molecular complexity index is 1540. The van der Waals surface area contributed by atoms with Crippen LogP contribution in [0.2, 0.25) is 0 Å². The normalized spacial score (nSPS) is 11.0. The molecule has 10 nitrogen and oxygen atoms in total. The van der Waals surface area contributed by atoms with Crippen LogP contribution in [0.3, 0.4) is 0 Å². The molecule has 0 spiro atoms. The van der Waals surface area contributed by atoms with Gasteiger partial charge in [-0.3, -0.25) is 20.2 Å². The van der Waals surface area contributed by atoms with Crippen molar-refractivity contribution in [1.82, 2.24) is 0 Å². The summed E-state index contributed by atoms with van der Waals surface area (Å²) in [6.07, 6.45) is 0. The van der Waals surface area contributed by atoms with Gasteiger partial charge in [0, 0.05) is 28.7 Å². The van der Waals surface area contributed by atoms with Crippen LogP contribution < -0.4 is 9.47 Å². The zero-order valence-electron chi connectivity index (χ0n) is 22.7. The van der Waals surface area contributed by atoms with Gasteiger partial charge >= 0.3 is 11.9 Å². The molecule has 0 saturated heterocycles. The number of nitro benzene ring substituents is 2. The van der Waals surface area contributed by atoms with Crippen molar-refractivity contribution in [3.05, 3.63) is 139 Å². The molecule has 0 aliphatic carbocycles. The Morgan fingerprint density at radius 1 is 0.610 bits per heavy atom. The smallest absolute Gasteiger partial charge is 0.343 e. The van der Waals surface area contributed by atoms with Crippen molar-refractivity contribution in [2.45, 2.75) is 33.1 Å². The molecule has 0 saturated carbocycles. The van der Waals surface area contributed by atoms with Crippen LogP contribution >= 0.6 is 0 Å². The van der Waals surface area contributed by atoms with E-state index in [4.69, 9.17) is 9.47 Å². The highest BCUT2D eigenvalue weighted by Gasteiger charge is 2.24. The average molecular weight is 555 g/mol. The van der Waals surface area contributed by atoms with E-state index in [0.29, 0.717) is 11.1 Å². The van der Waals surface area contributed by atoms with Crippen molar-refractivity contribution in [3.63, 3.8) is 0 Å². The highest BCUT2D eigenvalue weighted by molar-refractivity contribution is 5.92. The van der Waals surface area contributed by atoms with Gasteiger partial charge in [-0.25, -0.2) is 9.59 Å². The van der Waals surface area contributed by atoms with Crippen molar-refractivity contribution >= 4 is 23.3 Å². The lowest BCUT2D eigenvalue weighted by molar-refractivity contribution is -0.385. The SMILES string of the molecule is Cc1ccc(C(=O)Oc2ccc(C(C)(C)c3ccc(OC(=O)c4ccc(C)c([N+](=O)[O-])c4)cc3)cc2)cc1[N+](=O)[O-]. The Morgan fingerprint density at radius 3 is 1.27 bits per heavy atom. The van der Waals surface area contributed by atoms with E-state index >= 15 is 0 Å². The summed E-state index contributed by atoms with van der Waals surface area (Å²) in [5.74, 6) is -0.830. The van der Waals surface area contributed by atoms with Crippen LogP contribution in [-0.4, -0.2) is 21.8 Å². The number of benzene rings is 4. The number of carbonyl (C=O) groups is 2. The summed E-state index contributed by atoms with van der Waals surface area (Å²) in [5, 5.41) is 22.4. The predicted octanol–water partition coefficient (Wildman–Crippen LogP) is 6.88. The van der Waals surface area contributed by atoms with Gasteiger partial charge in [-0.1, -0.05) is 50.2 Å². The molecule has 4 rings (SSSR count). The Kier molecular flexibility index (Phi) is 7.95. The zero-order chi connectivity index (χ0) is 29.9. The molecule has 0 aliphatic rings. The lowest BCUT2D eigenvalue weighted by Gasteiger charge is -2.26. The monoisotopic (exact) mass is 554 g/mol. The van der Waals surface area contributed by atoms with Crippen molar-refractivity contribution < 1.29 is 28.9 Å². The second-order valence-corrected chi connectivity index (χ2v) is 9.97. The minimum atomic E-state index is -0.703. The number of aryl methyl sites for hydroxylation is 2. The van der Waals surface area contributed by atoms with E-state index < -0.39 is 27.2 Å². The molecule has 4 aromatic rings. The van der Waals surface area contributed by atoms with E-state index in [1.165, 1.54) is 36.4 Å². The summed E-state index contributed by atoms with van der Waals surface area (Å²) in [4.78, 5) is 46.4. The van der Waals surface area contributed by atoms with Crippen molar-refractivity contribution in [3.8, 4) is 11.5 Å². The number of hydrogen-bond acceptors (Lipinski definition) is 8. The molecule has 0 fully saturated rings. The molecule has 10 heteroatoms. The first kappa shape index (κ1) is 28.6. The molecular weight excluding hydrogens is 528 g/mol. The number of rotatable bonds is 8. The van der Waals surface area contributed by atoms with Gasteiger partial charge in [-0.15, -0.1) is 0 Å². The number of nitrogens with zero attached hydrogens (tertiary/aromatic N) is 2. The molecule has 0 atom stereocenters. The van der Waals surface area contributed by atoms with Crippen LogP contribution in [0.15, 0.2) is 84.9 Å². The average Bonchev–Trinajstić information content (AvgIpc) is 2.93. The predicted molar refractivity (Wildman–Crippen MR) is 151 cm³/mol. The van der Waals surface area contributed by atoms with E-state index in [1.807, 2.05) is 38.1 Å². The van der Waals surface area contributed by atoms with E-state index in [2.05, 4.69) is 0 Å². The lowest BCUT2D eigenvalue weighted by Crippen LogP contribution is -2.19. The number of hydrogen-bond donors (Lipinski definition) is 0. The fourth-order valence-electron chi connectivity index (χ4n) is 4.24. The first-order valence-electron chi connectivity index (χ1n) is 12.5.